The topological polar surface area (TPSA) is 123 Å². The fourth-order valence-corrected chi connectivity index (χ4v) is 3.78. The summed E-state index contributed by atoms with van der Waals surface area (Å²) in [6.07, 6.45) is 3.66. The number of aryl methyl sites for hydroxylation is 1. The number of hydrogen-bond acceptors (Lipinski definition) is 6. The van der Waals surface area contributed by atoms with Gasteiger partial charge in [0.05, 0.1) is 30.7 Å². The second-order valence-electron chi connectivity index (χ2n) is 7.13. The second kappa shape index (κ2) is 11.4. The summed E-state index contributed by atoms with van der Waals surface area (Å²) >= 11 is 0. The van der Waals surface area contributed by atoms with Crippen molar-refractivity contribution in [2.24, 2.45) is 0 Å². The van der Waals surface area contributed by atoms with E-state index < -0.39 is 11.9 Å². The second-order valence-corrected chi connectivity index (χ2v) is 7.13. The molecule has 8 heteroatoms. The van der Waals surface area contributed by atoms with E-state index in [1.807, 2.05) is 0 Å². The van der Waals surface area contributed by atoms with Gasteiger partial charge < -0.3 is 25.2 Å². The van der Waals surface area contributed by atoms with E-state index in [0.29, 0.717) is 6.61 Å². The van der Waals surface area contributed by atoms with Crippen molar-refractivity contribution in [2.45, 2.75) is 38.5 Å². The molecule has 2 aliphatic heterocycles. The molecule has 0 spiro atoms. The summed E-state index contributed by atoms with van der Waals surface area (Å²) in [5.41, 5.74) is 6.10. The summed E-state index contributed by atoms with van der Waals surface area (Å²) in [6, 6.07) is 4.87. The van der Waals surface area contributed by atoms with E-state index in [0.717, 1.165) is 51.0 Å². The number of fused-ring (bicyclic) bond motifs is 2. The standard InChI is InChI=1S/C17H23N3O.C4H6O4/c1-21-10-9-20-8-2-3-14-11-13-4-6-19-7-5-15(13)16(12-18)17(14)20;5-3(6)1-2-4(7)8/h11,19H,2-10H2,1H3;1-2H2,(H,5,6)(H,7,8). The van der Waals surface area contributed by atoms with Gasteiger partial charge in [-0.25, -0.2) is 0 Å². The Balaban J connectivity index is 0.000000321. The summed E-state index contributed by atoms with van der Waals surface area (Å²) in [6.45, 7) is 4.60. The number of rotatable bonds is 6. The van der Waals surface area contributed by atoms with Crippen molar-refractivity contribution in [1.82, 2.24) is 5.32 Å². The van der Waals surface area contributed by atoms with Crippen molar-refractivity contribution in [3.8, 4) is 6.07 Å². The molecule has 0 aromatic heterocycles. The lowest BCUT2D eigenvalue weighted by molar-refractivity contribution is -0.143. The van der Waals surface area contributed by atoms with Crippen LogP contribution in [-0.2, 0) is 33.6 Å². The normalized spacial score (nSPS) is 15.1. The quantitative estimate of drug-likeness (QED) is 0.654. The van der Waals surface area contributed by atoms with Gasteiger partial charge in [0.15, 0.2) is 0 Å². The van der Waals surface area contributed by atoms with Crippen molar-refractivity contribution in [3.05, 3.63) is 28.3 Å². The molecule has 0 amide bonds. The highest BCUT2D eigenvalue weighted by Gasteiger charge is 2.25. The molecule has 29 heavy (non-hydrogen) atoms. The van der Waals surface area contributed by atoms with Crippen LogP contribution in [0.4, 0.5) is 5.69 Å². The first-order valence-corrected chi connectivity index (χ1v) is 9.93. The smallest absolute Gasteiger partial charge is 0.303 e. The summed E-state index contributed by atoms with van der Waals surface area (Å²) in [5.74, 6) is -2.15. The average Bonchev–Trinajstić information content (AvgIpc) is 2.94. The van der Waals surface area contributed by atoms with Gasteiger partial charge in [-0.15, -0.1) is 0 Å². The molecule has 3 N–H and O–H groups in total. The number of nitrogens with zero attached hydrogens (tertiary/aromatic N) is 2. The molecule has 8 nitrogen and oxygen atoms in total. The Morgan fingerprint density at radius 2 is 1.86 bits per heavy atom. The van der Waals surface area contributed by atoms with Gasteiger partial charge in [-0.05, 0) is 55.5 Å². The van der Waals surface area contributed by atoms with E-state index in [2.05, 4.69) is 22.4 Å². The van der Waals surface area contributed by atoms with Crippen molar-refractivity contribution in [2.75, 3.05) is 44.8 Å². The minimum absolute atomic E-state index is 0.296. The molecule has 0 unspecified atom stereocenters. The zero-order valence-electron chi connectivity index (χ0n) is 16.9. The predicted molar refractivity (Wildman–Crippen MR) is 108 cm³/mol. The third-order valence-corrected chi connectivity index (χ3v) is 5.12. The zero-order chi connectivity index (χ0) is 21.2. The summed E-state index contributed by atoms with van der Waals surface area (Å²) in [5, 5.41) is 29.0. The number of benzene rings is 1. The first-order chi connectivity index (χ1) is 14.0. The lowest BCUT2D eigenvalue weighted by Crippen LogP contribution is -2.33. The van der Waals surface area contributed by atoms with Crippen molar-refractivity contribution in [3.63, 3.8) is 0 Å². The van der Waals surface area contributed by atoms with E-state index in [4.69, 9.17) is 14.9 Å². The van der Waals surface area contributed by atoms with Crippen LogP contribution in [0.25, 0.3) is 0 Å². The number of anilines is 1. The molecule has 0 bridgehead atoms. The molecule has 2 aliphatic rings. The Labute approximate surface area is 171 Å². The first-order valence-electron chi connectivity index (χ1n) is 9.93. The number of carboxylic acids is 2. The number of carbonyl (C=O) groups is 2. The lowest BCUT2D eigenvalue weighted by atomic mass is 9.88. The van der Waals surface area contributed by atoms with E-state index in [1.54, 1.807) is 7.11 Å². The van der Waals surface area contributed by atoms with Gasteiger partial charge in [0, 0.05) is 20.2 Å². The van der Waals surface area contributed by atoms with Crippen LogP contribution in [0.5, 0.6) is 0 Å². The van der Waals surface area contributed by atoms with Crippen LogP contribution in [-0.4, -0.2) is 62.0 Å². The molecular formula is C21H29N3O5. The summed E-state index contributed by atoms with van der Waals surface area (Å²) in [7, 11) is 1.73. The third kappa shape index (κ3) is 6.44. The van der Waals surface area contributed by atoms with Crippen molar-refractivity contribution >= 4 is 17.6 Å². The van der Waals surface area contributed by atoms with Crippen molar-refractivity contribution in [1.29, 1.82) is 5.26 Å². The van der Waals surface area contributed by atoms with Crippen LogP contribution in [0.3, 0.4) is 0 Å². The maximum atomic E-state index is 9.76. The fourth-order valence-electron chi connectivity index (χ4n) is 3.78. The van der Waals surface area contributed by atoms with Crippen LogP contribution in [0.1, 0.15) is 41.5 Å². The number of nitrogens with one attached hydrogen (secondary N) is 1. The molecule has 2 heterocycles. The Bertz CT molecular complexity index is 759. The van der Waals surface area contributed by atoms with Crippen molar-refractivity contribution < 1.29 is 24.5 Å². The number of carboxylic acid groups (broad SMARTS) is 2. The van der Waals surface area contributed by atoms with Crippen LogP contribution in [0, 0.1) is 11.3 Å². The molecule has 0 saturated heterocycles. The highest BCUT2D eigenvalue weighted by atomic mass is 16.5. The molecule has 0 fully saturated rings. The minimum Gasteiger partial charge on any atom is -0.481 e. The van der Waals surface area contributed by atoms with Gasteiger partial charge in [0.2, 0.25) is 0 Å². The van der Waals surface area contributed by atoms with Gasteiger partial charge in [-0.3, -0.25) is 9.59 Å². The Hall–Kier alpha value is -2.63. The Kier molecular flexibility index (Phi) is 8.90. The highest BCUT2D eigenvalue weighted by molar-refractivity contribution is 5.75. The first kappa shape index (κ1) is 22.7. The average molecular weight is 403 g/mol. The van der Waals surface area contributed by atoms with Gasteiger partial charge in [-0.1, -0.05) is 6.07 Å². The maximum absolute atomic E-state index is 9.76. The predicted octanol–water partition coefficient (Wildman–Crippen LogP) is 1.58. The van der Waals surface area contributed by atoms with Crippen LogP contribution < -0.4 is 10.2 Å². The minimum atomic E-state index is -1.08. The molecular weight excluding hydrogens is 374 g/mol. The van der Waals surface area contributed by atoms with Gasteiger partial charge >= 0.3 is 11.9 Å². The van der Waals surface area contributed by atoms with E-state index in [1.165, 1.54) is 28.8 Å². The highest BCUT2D eigenvalue weighted by Crippen LogP contribution is 2.35. The monoisotopic (exact) mass is 403 g/mol. The largest absolute Gasteiger partial charge is 0.481 e. The van der Waals surface area contributed by atoms with Gasteiger partial charge in [0.25, 0.3) is 0 Å². The number of hydrogen-bond donors (Lipinski definition) is 3. The van der Waals surface area contributed by atoms with E-state index >= 15 is 0 Å². The molecule has 0 aliphatic carbocycles. The molecule has 0 saturated carbocycles. The molecule has 3 rings (SSSR count). The van der Waals surface area contributed by atoms with Crippen LogP contribution >= 0.6 is 0 Å². The molecule has 1 aromatic rings. The SMILES string of the molecule is COCCN1CCCc2cc3c(c(C#N)c21)CCNCC3.O=C(O)CCC(=O)O. The third-order valence-electron chi connectivity index (χ3n) is 5.12. The van der Waals surface area contributed by atoms with E-state index in [-0.39, 0.29) is 12.8 Å². The molecule has 1 aromatic carbocycles. The Morgan fingerprint density at radius 1 is 1.17 bits per heavy atom. The van der Waals surface area contributed by atoms with Crippen LogP contribution in [0.15, 0.2) is 6.07 Å². The fraction of sp³-hybridized carbons (Fsp3) is 0.571. The van der Waals surface area contributed by atoms with Gasteiger partial charge in [-0.2, -0.15) is 5.26 Å². The zero-order valence-corrected chi connectivity index (χ0v) is 16.9. The Morgan fingerprint density at radius 3 is 2.48 bits per heavy atom. The number of nitriles is 1. The summed E-state index contributed by atoms with van der Waals surface area (Å²) in [4.78, 5) is 21.6. The summed E-state index contributed by atoms with van der Waals surface area (Å²) < 4.78 is 5.23. The van der Waals surface area contributed by atoms with Crippen LogP contribution in [0.2, 0.25) is 0 Å². The maximum Gasteiger partial charge on any atom is 0.303 e. The molecule has 0 radical (unpaired) electrons. The number of ether oxygens (including phenoxy) is 1. The number of methoxy groups -OCH3 is 1. The molecule has 0 atom stereocenters. The lowest BCUT2D eigenvalue weighted by Gasteiger charge is -2.33. The van der Waals surface area contributed by atoms with E-state index in [9.17, 15) is 14.9 Å². The number of aliphatic carboxylic acids is 2. The van der Waals surface area contributed by atoms with Gasteiger partial charge in [0.1, 0.15) is 6.07 Å². The molecule has 158 valence electrons.